The normalized spacial score (nSPS) is 11.7. The third-order valence-corrected chi connectivity index (χ3v) is 9.05. The van der Waals surface area contributed by atoms with Gasteiger partial charge in [0.25, 0.3) is 0 Å². The molecule has 1 heteroatoms. The minimum Gasteiger partial charge on any atom is -0.100 e. The van der Waals surface area contributed by atoms with E-state index in [1.165, 1.54) is 49.0 Å². The van der Waals surface area contributed by atoms with Crippen molar-refractivity contribution in [2.45, 2.75) is 71.1 Å². The molecule has 0 aliphatic heterocycles. The molecule has 0 saturated heterocycles. The smallest absolute Gasteiger partial charge is 0.0575 e. The zero-order valence-corrected chi connectivity index (χ0v) is 11.7. The summed E-state index contributed by atoms with van der Waals surface area (Å²) in [6.07, 6.45) is 4.12. The fourth-order valence-corrected chi connectivity index (χ4v) is 8.61. The Hall–Kier alpha value is -0.0431. The monoisotopic (exact) mass is 212 g/mol. The summed E-state index contributed by atoms with van der Waals surface area (Å²) < 4.78 is 0. The highest BCUT2D eigenvalue weighted by Crippen LogP contribution is 2.32. The van der Waals surface area contributed by atoms with Crippen molar-refractivity contribution in [2.75, 3.05) is 0 Å². The summed E-state index contributed by atoms with van der Waals surface area (Å²) in [6.45, 7) is 13.3. The van der Waals surface area contributed by atoms with Crippen LogP contribution in [-0.2, 0) is 0 Å². The molecular formula is C13H28Si. The molecule has 0 atom stereocenters. The van der Waals surface area contributed by atoms with Gasteiger partial charge in [-0.1, -0.05) is 63.7 Å². The summed E-state index contributed by atoms with van der Waals surface area (Å²) in [5, 5.41) is 0. The second-order valence-corrected chi connectivity index (χ2v) is 9.74. The molecular weight excluding hydrogens is 184 g/mol. The van der Waals surface area contributed by atoms with Crippen molar-refractivity contribution in [3.63, 3.8) is 0 Å². The molecule has 0 fully saturated rings. The molecule has 84 valence electrons. The van der Waals surface area contributed by atoms with E-state index >= 15 is 0 Å². The van der Waals surface area contributed by atoms with Gasteiger partial charge in [0, 0.05) is 0 Å². The quantitative estimate of drug-likeness (QED) is 0.381. The lowest BCUT2D eigenvalue weighted by molar-refractivity contribution is 0.912. The molecule has 0 bridgehead atoms. The predicted molar refractivity (Wildman–Crippen MR) is 70.7 cm³/mol. The average Bonchev–Trinajstić information content (AvgIpc) is 2.03. The lowest BCUT2D eigenvalue weighted by Crippen LogP contribution is -2.33. The van der Waals surface area contributed by atoms with Gasteiger partial charge >= 0.3 is 0 Å². The molecule has 0 aliphatic rings. The van der Waals surface area contributed by atoms with Crippen LogP contribution in [0.3, 0.4) is 0 Å². The van der Waals surface area contributed by atoms with Gasteiger partial charge in [-0.3, -0.25) is 0 Å². The Bertz CT molecular complexity index is 144. The summed E-state index contributed by atoms with van der Waals surface area (Å²) in [7, 11) is -0.958. The zero-order valence-electron chi connectivity index (χ0n) is 10.7. The van der Waals surface area contributed by atoms with Gasteiger partial charge in [-0.25, -0.2) is 0 Å². The van der Waals surface area contributed by atoms with Crippen LogP contribution in [0.5, 0.6) is 0 Å². The molecule has 0 nitrogen and oxygen atoms in total. The first-order valence-electron chi connectivity index (χ1n) is 6.24. The maximum Gasteiger partial charge on any atom is 0.0575 e. The highest BCUT2D eigenvalue weighted by atomic mass is 28.3. The summed E-state index contributed by atoms with van der Waals surface area (Å²) in [5.41, 5.74) is 1.42. The molecule has 0 radical (unpaired) electrons. The van der Waals surface area contributed by atoms with Gasteiger partial charge in [0.1, 0.15) is 0 Å². The van der Waals surface area contributed by atoms with Crippen LogP contribution >= 0.6 is 0 Å². The zero-order chi connectivity index (χ0) is 11.0. The first-order valence-corrected chi connectivity index (χ1v) is 9.07. The lowest BCUT2D eigenvalue weighted by atomic mass is 10.4. The van der Waals surface area contributed by atoms with Crippen molar-refractivity contribution < 1.29 is 0 Å². The van der Waals surface area contributed by atoms with Crippen LogP contribution in [0.4, 0.5) is 0 Å². The van der Waals surface area contributed by atoms with Crippen molar-refractivity contribution in [3.8, 4) is 0 Å². The molecule has 0 N–H and O–H groups in total. The van der Waals surface area contributed by atoms with Crippen LogP contribution in [-0.4, -0.2) is 8.07 Å². The number of hydrogen-bond donors (Lipinski definition) is 0. The highest BCUT2D eigenvalue weighted by Gasteiger charge is 2.29. The molecule has 0 saturated carbocycles. The highest BCUT2D eigenvalue weighted by molar-refractivity contribution is 6.80. The summed E-state index contributed by atoms with van der Waals surface area (Å²) in [6, 6.07) is 5.92. The molecule has 0 rings (SSSR count). The third-order valence-electron chi connectivity index (χ3n) is 3.02. The standard InChI is InChI=1S/C13H28Si/c1-6-9-14(10-7-2,11-8-3)12-13(4)5/h4,6-12H2,1-3,5H3. The van der Waals surface area contributed by atoms with Crippen molar-refractivity contribution >= 4 is 8.07 Å². The molecule has 0 heterocycles. The van der Waals surface area contributed by atoms with E-state index in [-0.39, 0.29) is 0 Å². The third kappa shape index (κ3) is 4.99. The van der Waals surface area contributed by atoms with E-state index in [0.717, 1.165) is 0 Å². The fraction of sp³-hybridized carbons (Fsp3) is 0.846. The maximum atomic E-state index is 4.12. The Kier molecular flexibility index (Phi) is 7.25. The van der Waals surface area contributed by atoms with Crippen LogP contribution in [0, 0.1) is 0 Å². The lowest BCUT2D eigenvalue weighted by Gasteiger charge is -2.31. The van der Waals surface area contributed by atoms with Gasteiger partial charge in [0.15, 0.2) is 0 Å². The van der Waals surface area contributed by atoms with E-state index in [9.17, 15) is 0 Å². The second-order valence-electron chi connectivity index (χ2n) is 4.88. The minimum absolute atomic E-state index is 0.958. The average molecular weight is 212 g/mol. The van der Waals surface area contributed by atoms with Crippen LogP contribution < -0.4 is 0 Å². The Morgan fingerprint density at radius 3 is 1.50 bits per heavy atom. The van der Waals surface area contributed by atoms with Gasteiger partial charge in [0.05, 0.1) is 8.07 Å². The van der Waals surface area contributed by atoms with E-state index in [2.05, 4.69) is 34.3 Å². The number of rotatable bonds is 8. The maximum absolute atomic E-state index is 4.12. The van der Waals surface area contributed by atoms with Gasteiger partial charge in [0.2, 0.25) is 0 Å². The van der Waals surface area contributed by atoms with E-state index in [0.29, 0.717) is 0 Å². The van der Waals surface area contributed by atoms with Crippen molar-refractivity contribution in [2.24, 2.45) is 0 Å². The molecule has 0 aromatic heterocycles. The van der Waals surface area contributed by atoms with Crippen molar-refractivity contribution in [1.82, 2.24) is 0 Å². The molecule has 0 aromatic carbocycles. The topological polar surface area (TPSA) is 0 Å². The minimum atomic E-state index is -0.958. The Morgan fingerprint density at radius 2 is 1.29 bits per heavy atom. The van der Waals surface area contributed by atoms with Crippen LogP contribution in [0.2, 0.25) is 24.2 Å². The summed E-state index contributed by atoms with van der Waals surface area (Å²) in [4.78, 5) is 0. The van der Waals surface area contributed by atoms with Gasteiger partial charge in [-0.05, 0) is 13.0 Å². The number of hydrogen-bond acceptors (Lipinski definition) is 0. The predicted octanol–water partition coefficient (Wildman–Crippen LogP) is 5.24. The van der Waals surface area contributed by atoms with Crippen LogP contribution in [0.15, 0.2) is 12.2 Å². The molecule has 0 aromatic rings. The fourth-order valence-electron chi connectivity index (χ4n) is 2.87. The first-order chi connectivity index (χ1) is 6.60. The largest absolute Gasteiger partial charge is 0.100 e. The molecule has 0 unspecified atom stereocenters. The van der Waals surface area contributed by atoms with Crippen LogP contribution in [0.1, 0.15) is 47.0 Å². The molecule has 0 aliphatic carbocycles. The molecule has 0 spiro atoms. The van der Waals surface area contributed by atoms with E-state index in [4.69, 9.17) is 0 Å². The SMILES string of the molecule is C=C(C)C[Si](CCC)(CCC)CCC. The van der Waals surface area contributed by atoms with E-state index in [1.807, 2.05) is 0 Å². The molecule has 14 heavy (non-hydrogen) atoms. The second kappa shape index (κ2) is 7.28. The molecule has 0 amide bonds. The van der Waals surface area contributed by atoms with Crippen molar-refractivity contribution in [3.05, 3.63) is 12.2 Å². The van der Waals surface area contributed by atoms with Crippen molar-refractivity contribution in [1.29, 1.82) is 0 Å². The van der Waals surface area contributed by atoms with Gasteiger partial charge in [-0.2, -0.15) is 0 Å². The van der Waals surface area contributed by atoms with Gasteiger partial charge < -0.3 is 0 Å². The Balaban J connectivity index is 4.45. The number of allylic oxidation sites excluding steroid dienone is 1. The Labute approximate surface area is 91.8 Å². The summed E-state index contributed by atoms with van der Waals surface area (Å²) >= 11 is 0. The first kappa shape index (κ1) is 14.0. The van der Waals surface area contributed by atoms with Gasteiger partial charge in [-0.15, -0.1) is 6.58 Å². The Morgan fingerprint density at radius 1 is 0.929 bits per heavy atom. The van der Waals surface area contributed by atoms with E-state index < -0.39 is 8.07 Å². The van der Waals surface area contributed by atoms with E-state index in [1.54, 1.807) is 0 Å². The van der Waals surface area contributed by atoms with Crippen LogP contribution in [0.25, 0.3) is 0 Å². The summed E-state index contributed by atoms with van der Waals surface area (Å²) in [5.74, 6) is 0.